The molecule has 2 amide bonds. The van der Waals surface area contributed by atoms with Gasteiger partial charge in [0.25, 0.3) is 0 Å². The summed E-state index contributed by atoms with van der Waals surface area (Å²) in [7, 11) is -3.84. The van der Waals surface area contributed by atoms with Gasteiger partial charge in [-0.1, -0.05) is 66.9 Å². The lowest BCUT2D eigenvalue weighted by Crippen LogP contribution is -2.58. The molecule has 2 aliphatic rings. The second-order valence-electron chi connectivity index (χ2n) is 11.3. The molecule has 41 heavy (non-hydrogen) atoms. The summed E-state index contributed by atoms with van der Waals surface area (Å²) in [5.41, 5.74) is 6.15. The number of likely N-dealkylation sites (N-methyl/N-ethyl adjacent to an activating group) is 1. The van der Waals surface area contributed by atoms with Gasteiger partial charge >= 0.3 is 0 Å². The molecular formula is C30H39ClN4O5S. The summed E-state index contributed by atoms with van der Waals surface area (Å²) >= 11 is 6.09. The Morgan fingerprint density at radius 1 is 1.12 bits per heavy atom. The maximum atomic E-state index is 14.0. The van der Waals surface area contributed by atoms with E-state index in [0.29, 0.717) is 35.5 Å². The second-order valence-corrected chi connectivity index (χ2v) is 13.4. The summed E-state index contributed by atoms with van der Waals surface area (Å²) in [4.78, 5) is 28.6. The molecule has 0 aromatic heterocycles. The Hall–Kier alpha value is -2.76. The zero-order chi connectivity index (χ0) is 29.8. The molecule has 4 rings (SSSR count). The van der Waals surface area contributed by atoms with Crippen molar-refractivity contribution in [1.82, 2.24) is 14.9 Å². The van der Waals surface area contributed by atoms with Crippen LogP contribution in [0.15, 0.2) is 60.2 Å². The zero-order valence-electron chi connectivity index (χ0n) is 23.8. The summed E-state index contributed by atoms with van der Waals surface area (Å²) in [5.74, 6) is -0.868. The molecule has 1 atom stereocenters. The third kappa shape index (κ3) is 7.18. The van der Waals surface area contributed by atoms with Crippen LogP contribution in [0, 0.1) is 0 Å². The summed E-state index contributed by atoms with van der Waals surface area (Å²) in [6.45, 7) is 5.52. The molecule has 1 fully saturated rings. The number of ether oxygens (including phenoxy) is 1. The number of hydrogen-bond donors (Lipinski definition) is 3. The molecule has 1 saturated carbocycles. The van der Waals surface area contributed by atoms with Gasteiger partial charge in [-0.3, -0.25) is 9.59 Å². The number of carbonyl (C=O) groups is 2. The lowest BCUT2D eigenvalue weighted by Gasteiger charge is -2.33. The highest BCUT2D eigenvalue weighted by Crippen LogP contribution is 2.47. The lowest BCUT2D eigenvalue weighted by molar-refractivity contribution is -0.139. The quantitative estimate of drug-likeness (QED) is 0.360. The highest BCUT2D eigenvalue weighted by Gasteiger charge is 2.50. The highest BCUT2D eigenvalue weighted by molar-refractivity contribution is 7.99. The van der Waals surface area contributed by atoms with E-state index in [1.807, 2.05) is 37.3 Å². The van der Waals surface area contributed by atoms with Crippen LogP contribution in [0.1, 0.15) is 57.6 Å². The van der Waals surface area contributed by atoms with Crippen LogP contribution in [0.4, 0.5) is 0 Å². The molecule has 0 radical (unpaired) electrons. The number of amides is 2. The molecule has 9 nitrogen and oxygen atoms in total. The number of carbonyl (C=O) groups excluding carboxylic acids is 2. The first-order chi connectivity index (χ1) is 19.4. The van der Waals surface area contributed by atoms with Crippen molar-refractivity contribution < 1.29 is 22.7 Å². The van der Waals surface area contributed by atoms with Gasteiger partial charge in [-0.05, 0) is 62.4 Å². The van der Waals surface area contributed by atoms with Crippen molar-refractivity contribution in [1.29, 1.82) is 0 Å². The number of rotatable bonds is 11. The van der Waals surface area contributed by atoms with E-state index in [4.69, 9.17) is 22.1 Å². The standard InChI is InChI=1S/C30H39ClN4O5S/c1-4-35(27(36)25(33-28(37)29(2,3)32)20-40-19-21-10-6-5-7-11-21)18-24-26(22-12-14-23(31)15-13-22)41(38,39)34-30(24)16-8-9-17-30/h5-7,10-15,25,34H,4,8-9,16-20,32H2,1-3H3,(H,33,37). The minimum atomic E-state index is -3.84. The van der Waals surface area contributed by atoms with E-state index in [1.54, 1.807) is 43.0 Å². The number of benzene rings is 2. The van der Waals surface area contributed by atoms with E-state index in [1.165, 1.54) is 0 Å². The Kier molecular flexibility index (Phi) is 9.60. The summed E-state index contributed by atoms with van der Waals surface area (Å²) in [6, 6.07) is 15.2. The SMILES string of the molecule is CCN(CC1=C(c2ccc(Cl)cc2)S(=O)(=O)NC12CCCC2)C(=O)C(COCc1ccccc1)NC(=O)C(C)(C)N. The van der Waals surface area contributed by atoms with Gasteiger partial charge in [0.15, 0.2) is 0 Å². The molecular weight excluding hydrogens is 564 g/mol. The maximum Gasteiger partial charge on any atom is 0.247 e. The highest BCUT2D eigenvalue weighted by atomic mass is 35.5. The molecule has 1 unspecified atom stereocenters. The monoisotopic (exact) mass is 602 g/mol. The normalized spacial score (nSPS) is 18.5. The Morgan fingerprint density at radius 3 is 2.34 bits per heavy atom. The predicted octanol–water partition coefficient (Wildman–Crippen LogP) is 3.58. The average Bonchev–Trinajstić information content (AvgIpc) is 3.47. The predicted molar refractivity (Wildman–Crippen MR) is 160 cm³/mol. The minimum absolute atomic E-state index is 0.0726. The maximum absolute atomic E-state index is 14.0. The first-order valence-corrected chi connectivity index (χ1v) is 15.8. The van der Waals surface area contributed by atoms with Crippen LogP contribution in [0.3, 0.4) is 0 Å². The number of nitrogens with zero attached hydrogens (tertiary/aromatic N) is 1. The Labute approximate surface area is 247 Å². The van der Waals surface area contributed by atoms with E-state index >= 15 is 0 Å². The van der Waals surface area contributed by atoms with Gasteiger partial charge in [-0.25, -0.2) is 13.1 Å². The van der Waals surface area contributed by atoms with E-state index in [2.05, 4.69) is 10.0 Å². The number of nitrogens with two attached hydrogens (primary N) is 1. The molecule has 0 bridgehead atoms. The van der Waals surface area contributed by atoms with Crippen LogP contribution in [-0.2, 0) is 31.0 Å². The summed E-state index contributed by atoms with van der Waals surface area (Å²) in [6.07, 6.45) is 3.04. The summed E-state index contributed by atoms with van der Waals surface area (Å²) < 4.78 is 35.9. The number of halogens is 1. The molecule has 222 valence electrons. The second kappa shape index (κ2) is 12.6. The van der Waals surface area contributed by atoms with Crippen LogP contribution in [0.25, 0.3) is 4.91 Å². The van der Waals surface area contributed by atoms with E-state index < -0.39 is 33.1 Å². The van der Waals surface area contributed by atoms with Crippen molar-refractivity contribution in [3.63, 3.8) is 0 Å². The van der Waals surface area contributed by atoms with Gasteiger partial charge in [0.1, 0.15) is 6.04 Å². The van der Waals surface area contributed by atoms with Crippen molar-refractivity contribution >= 4 is 38.3 Å². The third-order valence-electron chi connectivity index (χ3n) is 7.64. The van der Waals surface area contributed by atoms with Crippen LogP contribution >= 0.6 is 11.6 Å². The van der Waals surface area contributed by atoms with Gasteiger partial charge in [0.05, 0.1) is 29.2 Å². The molecule has 1 heterocycles. The van der Waals surface area contributed by atoms with Crippen molar-refractivity contribution in [3.8, 4) is 0 Å². The first kappa shape index (κ1) is 31.2. The number of nitrogens with one attached hydrogen (secondary N) is 2. The van der Waals surface area contributed by atoms with E-state index in [0.717, 1.165) is 18.4 Å². The molecule has 1 spiro atoms. The van der Waals surface area contributed by atoms with Crippen LogP contribution in [-0.4, -0.2) is 61.9 Å². The number of hydrogen-bond acceptors (Lipinski definition) is 6. The molecule has 11 heteroatoms. The first-order valence-electron chi connectivity index (χ1n) is 13.9. The zero-order valence-corrected chi connectivity index (χ0v) is 25.4. The van der Waals surface area contributed by atoms with E-state index in [-0.39, 0.29) is 30.6 Å². The molecule has 2 aromatic rings. The topological polar surface area (TPSA) is 131 Å². The van der Waals surface area contributed by atoms with Gasteiger partial charge in [-0.2, -0.15) is 0 Å². The summed E-state index contributed by atoms with van der Waals surface area (Å²) in [5, 5.41) is 3.26. The van der Waals surface area contributed by atoms with Crippen molar-refractivity contribution in [2.24, 2.45) is 5.73 Å². The van der Waals surface area contributed by atoms with Gasteiger partial charge in [-0.15, -0.1) is 0 Å². The lowest BCUT2D eigenvalue weighted by atomic mass is 9.87. The molecule has 0 saturated heterocycles. The van der Waals surface area contributed by atoms with Gasteiger partial charge in [0.2, 0.25) is 21.8 Å². The number of sulfonamides is 1. The largest absolute Gasteiger partial charge is 0.374 e. The van der Waals surface area contributed by atoms with Gasteiger partial charge < -0.3 is 20.7 Å². The minimum Gasteiger partial charge on any atom is -0.374 e. The van der Waals surface area contributed by atoms with Crippen molar-refractivity contribution in [3.05, 3.63) is 76.3 Å². The third-order valence-corrected chi connectivity index (χ3v) is 9.57. The fraction of sp³-hybridized carbons (Fsp3) is 0.467. The van der Waals surface area contributed by atoms with Crippen molar-refractivity contribution in [2.75, 3.05) is 19.7 Å². The van der Waals surface area contributed by atoms with Gasteiger partial charge in [0, 0.05) is 18.1 Å². The average molecular weight is 603 g/mol. The fourth-order valence-electron chi connectivity index (χ4n) is 5.43. The fourth-order valence-corrected chi connectivity index (χ4v) is 7.53. The Bertz CT molecular complexity index is 1380. The molecule has 1 aliphatic carbocycles. The smallest absolute Gasteiger partial charge is 0.247 e. The van der Waals surface area contributed by atoms with E-state index in [9.17, 15) is 18.0 Å². The van der Waals surface area contributed by atoms with Crippen molar-refractivity contribution in [2.45, 2.75) is 70.2 Å². The van der Waals surface area contributed by atoms with Crippen LogP contribution < -0.4 is 15.8 Å². The molecule has 2 aromatic carbocycles. The Morgan fingerprint density at radius 2 is 1.76 bits per heavy atom. The van der Waals surface area contributed by atoms with Crippen LogP contribution in [0.5, 0.6) is 0 Å². The van der Waals surface area contributed by atoms with Crippen LogP contribution in [0.2, 0.25) is 5.02 Å². The Balaban J connectivity index is 1.66. The molecule has 4 N–H and O–H groups in total. The molecule has 1 aliphatic heterocycles.